The minimum Gasteiger partial charge on any atom is -0.497 e. The molecule has 8 heteroatoms. The second kappa shape index (κ2) is 8.62. The number of benzene rings is 2. The number of methoxy groups -OCH3 is 2. The number of anilines is 1. The SMILES string of the molecule is COc1ccc(N2CCN(CCn3ccc4ccc([N+](=O)[O-])cc43)CC2)c(OC)c1. The van der Waals surface area contributed by atoms with Crippen molar-refractivity contribution in [3.8, 4) is 11.5 Å². The van der Waals surface area contributed by atoms with E-state index in [2.05, 4.69) is 14.4 Å². The topological polar surface area (TPSA) is 73.0 Å². The van der Waals surface area contributed by atoms with Crippen molar-refractivity contribution in [3.63, 3.8) is 0 Å². The number of piperazine rings is 1. The number of rotatable bonds is 7. The molecular formula is C22H26N4O4. The highest BCUT2D eigenvalue weighted by Gasteiger charge is 2.20. The molecule has 1 aliphatic heterocycles. The van der Waals surface area contributed by atoms with E-state index >= 15 is 0 Å². The number of ether oxygens (including phenoxy) is 2. The van der Waals surface area contributed by atoms with E-state index in [4.69, 9.17) is 9.47 Å². The zero-order valence-electron chi connectivity index (χ0n) is 17.3. The summed E-state index contributed by atoms with van der Waals surface area (Å²) in [5.41, 5.74) is 2.12. The van der Waals surface area contributed by atoms with E-state index in [0.717, 1.165) is 67.4 Å². The first kappa shape index (κ1) is 20.0. The Bertz CT molecular complexity index is 1040. The minimum absolute atomic E-state index is 0.129. The summed E-state index contributed by atoms with van der Waals surface area (Å²) in [5, 5.41) is 12.1. The van der Waals surface area contributed by atoms with Crippen molar-refractivity contribution in [2.24, 2.45) is 0 Å². The molecule has 0 amide bonds. The molecule has 0 atom stereocenters. The maximum absolute atomic E-state index is 11.1. The van der Waals surface area contributed by atoms with Crippen molar-refractivity contribution < 1.29 is 14.4 Å². The summed E-state index contributed by atoms with van der Waals surface area (Å²) in [5.74, 6) is 1.61. The quantitative estimate of drug-likeness (QED) is 0.439. The fourth-order valence-electron chi connectivity index (χ4n) is 3.99. The Kier molecular flexibility index (Phi) is 5.76. The van der Waals surface area contributed by atoms with Gasteiger partial charge in [0.2, 0.25) is 0 Å². The number of nitro benzene ring substituents is 1. The molecular weight excluding hydrogens is 384 g/mol. The van der Waals surface area contributed by atoms with Crippen molar-refractivity contribution in [2.45, 2.75) is 6.54 Å². The number of hydrogen-bond acceptors (Lipinski definition) is 6. The van der Waals surface area contributed by atoms with E-state index in [1.54, 1.807) is 26.4 Å². The third kappa shape index (κ3) is 4.04. The van der Waals surface area contributed by atoms with Crippen LogP contribution < -0.4 is 14.4 Å². The molecule has 158 valence electrons. The van der Waals surface area contributed by atoms with Gasteiger partial charge in [0.1, 0.15) is 11.5 Å². The smallest absolute Gasteiger partial charge is 0.271 e. The molecule has 0 radical (unpaired) electrons. The Morgan fingerprint density at radius 1 is 0.967 bits per heavy atom. The maximum atomic E-state index is 11.1. The molecule has 4 rings (SSSR count). The molecule has 0 aliphatic carbocycles. The van der Waals surface area contributed by atoms with Gasteiger partial charge in [-0.05, 0) is 24.3 Å². The van der Waals surface area contributed by atoms with Crippen molar-refractivity contribution in [2.75, 3.05) is 51.8 Å². The molecule has 0 N–H and O–H groups in total. The summed E-state index contributed by atoms with van der Waals surface area (Å²) >= 11 is 0. The fraction of sp³-hybridized carbons (Fsp3) is 0.364. The highest BCUT2D eigenvalue weighted by Crippen LogP contribution is 2.32. The summed E-state index contributed by atoms with van der Waals surface area (Å²) < 4.78 is 12.9. The Balaban J connectivity index is 1.37. The molecule has 0 spiro atoms. The van der Waals surface area contributed by atoms with Crippen LogP contribution in [0.1, 0.15) is 0 Å². The average molecular weight is 410 g/mol. The van der Waals surface area contributed by atoms with E-state index < -0.39 is 0 Å². The third-order valence-corrected chi connectivity index (χ3v) is 5.73. The lowest BCUT2D eigenvalue weighted by atomic mass is 10.2. The lowest BCUT2D eigenvalue weighted by Crippen LogP contribution is -2.47. The van der Waals surface area contributed by atoms with E-state index in [-0.39, 0.29) is 10.6 Å². The monoisotopic (exact) mass is 410 g/mol. The Labute approximate surface area is 175 Å². The maximum Gasteiger partial charge on any atom is 0.271 e. The highest BCUT2D eigenvalue weighted by molar-refractivity contribution is 5.82. The molecule has 2 heterocycles. The van der Waals surface area contributed by atoms with Crippen LogP contribution >= 0.6 is 0 Å². The molecule has 2 aromatic carbocycles. The molecule has 1 aromatic heterocycles. The van der Waals surface area contributed by atoms with Crippen LogP contribution in [0.2, 0.25) is 0 Å². The number of non-ortho nitro benzene ring substituents is 1. The first-order chi connectivity index (χ1) is 14.6. The zero-order chi connectivity index (χ0) is 21.1. The van der Waals surface area contributed by atoms with Crippen molar-refractivity contribution >= 4 is 22.3 Å². The van der Waals surface area contributed by atoms with Crippen molar-refractivity contribution in [1.82, 2.24) is 9.47 Å². The molecule has 1 fully saturated rings. The summed E-state index contributed by atoms with van der Waals surface area (Å²) in [4.78, 5) is 15.5. The van der Waals surface area contributed by atoms with Gasteiger partial charge >= 0.3 is 0 Å². The number of nitrogens with zero attached hydrogens (tertiary/aromatic N) is 4. The van der Waals surface area contributed by atoms with E-state index in [9.17, 15) is 10.1 Å². The van der Waals surface area contributed by atoms with E-state index in [1.807, 2.05) is 36.5 Å². The third-order valence-electron chi connectivity index (χ3n) is 5.73. The zero-order valence-corrected chi connectivity index (χ0v) is 17.3. The summed E-state index contributed by atoms with van der Waals surface area (Å²) in [6.07, 6.45) is 2.01. The van der Waals surface area contributed by atoms with Gasteiger partial charge in [-0.25, -0.2) is 0 Å². The van der Waals surface area contributed by atoms with Crippen LogP contribution in [0.4, 0.5) is 11.4 Å². The number of nitro groups is 1. The van der Waals surface area contributed by atoms with E-state index in [0.29, 0.717) is 0 Å². The molecule has 30 heavy (non-hydrogen) atoms. The van der Waals surface area contributed by atoms with Gasteiger partial charge in [-0.15, -0.1) is 0 Å². The fourth-order valence-corrected chi connectivity index (χ4v) is 3.99. The second-order valence-electron chi connectivity index (χ2n) is 7.38. The molecule has 0 unspecified atom stereocenters. The van der Waals surface area contributed by atoms with Gasteiger partial charge in [0.25, 0.3) is 5.69 Å². The second-order valence-corrected chi connectivity index (χ2v) is 7.38. The molecule has 3 aromatic rings. The number of fused-ring (bicyclic) bond motifs is 1. The van der Waals surface area contributed by atoms with Crippen LogP contribution in [0.3, 0.4) is 0 Å². The Morgan fingerprint density at radius 3 is 2.47 bits per heavy atom. The van der Waals surface area contributed by atoms with Gasteiger partial charge in [0.15, 0.2) is 0 Å². The van der Waals surface area contributed by atoms with Crippen molar-refractivity contribution in [1.29, 1.82) is 0 Å². The molecule has 8 nitrogen and oxygen atoms in total. The largest absolute Gasteiger partial charge is 0.497 e. The van der Waals surface area contributed by atoms with Crippen LogP contribution in [-0.2, 0) is 6.54 Å². The van der Waals surface area contributed by atoms with Gasteiger partial charge in [-0.2, -0.15) is 0 Å². The normalized spacial score (nSPS) is 14.8. The number of hydrogen-bond donors (Lipinski definition) is 0. The predicted molar refractivity (Wildman–Crippen MR) is 117 cm³/mol. The standard InChI is InChI=1S/C22H26N4O4/c1-29-19-5-6-20(22(16-19)30-2)25-13-10-23(11-14-25)9-12-24-8-7-17-3-4-18(26(27)28)15-21(17)24/h3-8,15-16H,9-14H2,1-2H3. The van der Waals surface area contributed by atoms with Gasteiger partial charge in [-0.3, -0.25) is 15.0 Å². The minimum atomic E-state index is -0.344. The lowest BCUT2D eigenvalue weighted by molar-refractivity contribution is -0.384. The van der Waals surface area contributed by atoms with Gasteiger partial charge in [-0.1, -0.05) is 0 Å². The van der Waals surface area contributed by atoms with Gasteiger partial charge in [0.05, 0.1) is 30.3 Å². The van der Waals surface area contributed by atoms with E-state index in [1.165, 1.54) is 0 Å². The summed E-state index contributed by atoms with van der Waals surface area (Å²) in [6, 6.07) is 12.9. The van der Waals surface area contributed by atoms with Gasteiger partial charge in [0, 0.05) is 69.1 Å². The van der Waals surface area contributed by atoms with Crippen LogP contribution in [0.15, 0.2) is 48.7 Å². The first-order valence-electron chi connectivity index (χ1n) is 10.0. The first-order valence-corrected chi connectivity index (χ1v) is 10.0. The Morgan fingerprint density at radius 2 is 1.77 bits per heavy atom. The molecule has 0 saturated carbocycles. The Hall–Kier alpha value is -3.26. The summed E-state index contributed by atoms with van der Waals surface area (Å²) in [6.45, 7) is 5.45. The average Bonchev–Trinajstić information content (AvgIpc) is 3.19. The number of aromatic nitrogens is 1. The van der Waals surface area contributed by atoms with Crippen LogP contribution in [-0.4, -0.2) is 61.3 Å². The summed E-state index contributed by atoms with van der Waals surface area (Å²) in [7, 11) is 3.33. The van der Waals surface area contributed by atoms with Gasteiger partial charge < -0.3 is 18.9 Å². The lowest BCUT2D eigenvalue weighted by Gasteiger charge is -2.36. The predicted octanol–water partition coefficient (Wildman–Crippen LogP) is 3.39. The van der Waals surface area contributed by atoms with Crippen LogP contribution in [0, 0.1) is 10.1 Å². The van der Waals surface area contributed by atoms with Crippen LogP contribution in [0.5, 0.6) is 11.5 Å². The van der Waals surface area contributed by atoms with Crippen molar-refractivity contribution in [3.05, 3.63) is 58.8 Å². The highest BCUT2D eigenvalue weighted by atomic mass is 16.6. The molecule has 1 saturated heterocycles. The molecule has 0 bridgehead atoms. The molecule has 1 aliphatic rings. The van der Waals surface area contributed by atoms with Crippen LogP contribution in [0.25, 0.3) is 10.9 Å².